The van der Waals surface area contributed by atoms with Crippen LogP contribution in [0.25, 0.3) is 0 Å². The Balaban J connectivity index is 1.67. The molecule has 1 heterocycles. The van der Waals surface area contributed by atoms with Crippen molar-refractivity contribution in [3.8, 4) is 34.5 Å². The molecule has 48 heavy (non-hydrogen) atoms. The van der Waals surface area contributed by atoms with E-state index in [0.29, 0.717) is 33.2 Å². The summed E-state index contributed by atoms with van der Waals surface area (Å²) in [6.45, 7) is 0. The van der Waals surface area contributed by atoms with Crippen LogP contribution in [-0.4, -0.2) is 15.3 Å². The number of benzene rings is 6. The number of phenols is 3. The molecule has 0 atom stereocenters. The van der Waals surface area contributed by atoms with Gasteiger partial charge in [0.05, 0.1) is 15.9 Å². The summed E-state index contributed by atoms with van der Waals surface area (Å²) in [6.07, 6.45) is 0. The first-order chi connectivity index (χ1) is 23.4. The zero-order valence-electron chi connectivity index (χ0n) is 25.3. The fourth-order valence-electron chi connectivity index (χ4n) is 4.95. The highest BCUT2D eigenvalue weighted by Crippen LogP contribution is 2.77. The van der Waals surface area contributed by atoms with E-state index in [1.165, 1.54) is 0 Å². The number of rotatable bonds is 9. The minimum absolute atomic E-state index is 0.0681. The van der Waals surface area contributed by atoms with Crippen LogP contribution in [0, 0.1) is 0 Å². The predicted octanol–water partition coefficient (Wildman–Crippen LogP) is 9.42. The van der Waals surface area contributed by atoms with E-state index in [2.05, 4.69) is 0 Å². The molecular formula is C36H30N3O6P3. The second-order valence-corrected chi connectivity index (χ2v) is 18.2. The van der Waals surface area contributed by atoms with Crippen molar-refractivity contribution < 1.29 is 28.9 Å². The molecular weight excluding hydrogens is 663 g/mol. The zero-order chi connectivity index (χ0) is 33.0. The number of hydrogen-bond donors (Lipinski definition) is 3. The van der Waals surface area contributed by atoms with Crippen LogP contribution in [0.5, 0.6) is 34.5 Å². The molecule has 3 N–H and O–H groups in total. The predicted molar refractivity (Wildman–Crippen MR) is 192 cm³/mol. The van der Waals surface area contributed by atoms with E-state index in [-0.39, 0.29) is 17.2 Å². The molecule has 0 aromatic heterocycles. The lowest BCUT2D eigenvalue weighted by atomic mass is 10.3. The van der Waals surface area contributed by atoms with Crippen molar-refractivity contribution in [2.75, 3.05) is 0 Å². The van der Waals surface area contributed by atoms with Gasteiger partial charge in [0.15, 0.2) is 0 Å². The van der Waals surface area contributed by atoms with Crippen LogP contribution in [-0.2, 0) is 0 Å². The van der Waals surface area contributed by atoms with Gasteiger partial charge in [-0.15, -0.1) is 0 Å². The summed E-state index contributed by atoms with van der Waals surface area (Å²) in [5, 5.41) is 32.8. The molecule has 7 rings (SSSR count). The van der Waals surface area contributed by atoms with Crippen molar-refractivity contribution in [1.82, 2.24) is 0 Å². The number of hydrogen-bond acceptors (Lipinski definition) is 9. The molecule has 12 heteroatoms. The Bertz CT molecular complexity index is 1930. The maximum Gasteiger partial charge on any atom is 0.288 e. The van der Waals surface area contributed by atoms with Gasteiger partial charge in [-0.25, -0.2) is 0 Å². The van der Waals surface area contributed by atoms with Gasteiger partial charge < -0.3 is 28.9 Å². The van der Waals surface area contributed by atoms with Gasteiger partial charge in [-0.2, -0.15) is 13.5 Å². The highest BCUT2D eigenvalue weighted by atomic mass is 31.3. The van der Waals surface area contributed by atoms with Crippen molar-refractivity contribution in [2.45, 2.75) is 0 Å². The van der Waals surface area contributed by atoms with Gasteiger partial charge in [0, 0.05) is 0 Å². The molecule has 0 amide bonds. The molecule has 0 aliphatic carbocycles. The SMILES string of the molecule is Oc1ccc(P2(Oc3ccccc3)=NP(Oc3ccccc3)(c3ccc(O)cc3)=NP(Oc3ccccc3)(c3ccc(O)cc3)=N2)cc1. The second-order valence-electron chi connectivity index (χ2n) is 10.7. The molecule has 6 aromatic rings. The fraction of sp³-hybridized carbons (Fsp3) is 0. The minimum Gasteiger partial charge on any atom is -0.508 e. The molecule has 0 spiro atoms. The summed E-state index contributed by atoms with van der Waals surface area (Å²) in [7, 11) is -10.8. The van der Waals surface area contributed by atoms with Crippen molar-refractivity contribution in [3.63, 3.8) is 0 Å². The maximum absolute atomic E-state index is 10.3. The quantitative estimate of drug-likeness (QED) is 0.130. The lowest BCUT2D eigenvalue weighted by Gasteiger charge is -2.36. The molecule has 240 valence electrons. The van der Waals surface area contributed by atoms with Gasteiger partial charge in [0.2, 0.25) is 0 Å². The summed E-state index contributed by atoms with van der Waals surface area (Å²) in [5.41, 5.74) is 0. The summed E-state index contributed by atoms with van der Waals surface area (Å²) >= 11 is 0. The van der Waals surface area contributed by atoms with E-state index in [9.17, 15) is 15.3 Å². The van der Waals surface area contributed by atoms with Crippen LogP contribution >= 0.6 is 22.3 Å². The third-order valence-corrected chi connectivity index (χ3v) is 17.3. The van der Waals surface area contributed by atoms with Crippen molar-refractivity contribution in [1.29, 1.82) is 0 Å². The molecule has 0 saturated heterocycles. The minimum atomic E-state index is -3.59. The third kappa shape index (κ3) is 6.49. The Kier molecular flexibility index (Phi) is 8.60. The first kappa shape index (κ1) is 31.4. The molecule has 0 unspecified atom stereocenters. The molecule has 0 saturated carbocycles. The topological polar surface area (TPSA) is 125 Å². The van der Waals surface area contributed by atoms with E-state index in [1.807, 2.05) is 91.0 Å². The van der Waals surface area contributed by atoms with E-state index < -0.39 is 22.3 Å². The third-order valence-electron chi connectivity index (χ3n) is 7.21. The Morgan fingerprint density at radius 3 is 0.771 bits per heavy atom. The van der Waals surface area contributed by atoms with Crippen LogP contribution in [0.2, 0.25) is 0 Å². The van der Waals surface area contributed by atoms with E-state index in [1.54, 1.807) is 72.8 Å². The number of phenolic OH excluding ortho intramolecular Hbond substituents is 3. The fourth-order valence-corrected chi connectivity index (χ4v) is 16.8. The molecule has 0 radical (unpaired) electrons. The van der Waals surface area contributed by atoms with E-state index in [4.69, 9.17) is 27.1 Å². The lowest BCUT2D eigenvalue weighted by molar-refractivity contribution is 0.475. The second kappa shape index (κ2) is 13.1. The Morgan fingerprint density at radius 2 is 0.542 bits per heavy atom. The summed E-state index contributed by atoms with van der Waals surface area (Å²) < 4.78 is 37.4. The number of para-hydroxylation sites is 3. The van der Waals surface area contributed by atoms with Crippen molar-refractivity contribution >= 4 is 38.2 Å². The largest absolute Gasteiger partial charge is 0.508 e. The first-order valence-corrected chi connectivity index (χ1v) is 19.7. The molecule has 9 nitrogen and oxygen atoms in total. The molecule has 1 aliphatic rings. The summed E-state index contributed by atoms with van der Waals surface area (Å²) in [4.78, 5) is 0. The van der Waals surface area contributed by atoms with E-state index >= 15 is 0 Å². The van der Waals surface area contributed by atoms with Gasteiger partial charge in [-0.1, -0.05) is 54.6 Å². The lowest BCUT2D eigenvalue weighted by Crippen LogP contribution is -2.19. The van der Waals surface area contributed by atoms with Crippen LogP contribution in [0.15, 0.2) is 177 Å². The average Bonchev–Trinajstić information content (AvgIpc) is 3.10. The first-order valence-electron chi connectivity index (χ1n) is 14.9. The Labute approximate surface area is 278 Å². The molecule has 0 bridgehead atoms. The van der Waals surface area contributed by atoms with Crippen molar-refractivity contribution in [3.05, 3.63) is 164 Å². The van der Waals surface area contributed by atoms with Gasteiger partial charge in [0.25, 0.3) is 22.3 Å². The zero-order valence-corrected chi connectivity index (χ0v) is 28.0. The van der Waals surface area contributed by atoms with Crippen LogP contribution in [0.1, 0.15) is 0 Å². The molecule has 0 fully saturated rings. The number of aromatic hydroxyl groups is 3. The van der Waals surface area contributed by atoms with Crippen LogP contribution in [0.3, 0.4) is 0 Å². The normalized spacial score (nSPS) is 21.5. The summed E-state index contributed by atoms with van der Waals surface area (Å²) in [5.74, 6) is 1.75. The van der Waals surface area contributed by atoms with E-state index in [0.717, 1.165) is 0 Å². The Hall–Kier alpha value is -5.19. The summed E-state index contributed by atoms with van der Waals surface area (Å²) in [6, 6.07) is 47.7. The maximum atomic E-state index is 10.3. The number of nitrogens with zero attached hydrogens (tertiary/aromatic N) is 3. The standard InChI is InChI=1S/C36H30N3O6P3/c40-28-16-22-34(23-17-28)46(43-31-10-4-1-5-11-31)37-47(35-24-18-29(41)19-25-35,44-32-12-6-2-7-13-32)39-48(38-46,36-26-20-30(42)21-27-36)45-33-14-8-3-9-15-33/h1-27,40-42H. The van der Waals surface area contributed by atoms with Crippen molar-refractivity contribution in [2.24, 2.45) is 13.5 Å². The average molecular weight is 694 g/mol. The molecule has 6 aromatic carbocycles. The van der Waals surface area contributed by atoms with Gasteiger partial charge in [0.1, 0.15) is 34.5 Å². The molecule has 1 aliphatic heterocycles. The van der Waals surface area contributed by atoms with Gasteiger partial charge >= 0.3 is 0 Å². The van der Waals surface area contributed by atoms with Gasteiger partial charge in [-0.3, -0.25) is 0 Å². The smallest absolute Gasteiger partial charge is 0.288 e. The highest BCUT2D eigenvalue weighted by molar-refractivity contribution is 7.90. The van der Waals surface area contributed by atoms with Crippen LogP contribution < -0.4 is 29.5 Å². The van der Waals surface area contributed by atoms with Gasteiger partial charge in [-0.05, 0) is 109 Å². The Morgan fingerprint density at radius 1 is 0.312 bits per heavy atom. The highest BCUT2D eigenvalue weighted by Gasteiger charge is 2.45. The monoisotopic (exact) mass is 693 g/mol. The van der Waals surface area contributed by atoms with Crippen LogP contribution in [0.4, 0.5) is 0 Å².